The average Bonchev–Trinajstić information content (AvgIpc) is 2.51. The van der Waals surface area contributed by atoms with Gasteiger partial charge in [-0.1, -0.05) is 48.0 Å². The minimum Gasteiger partial charge on any atom is -0.341 e. The van der Waals surface area contributed by atoms with Crippen LogP contribution in [0.15, 0.2) is 48.5 Å². The third-order valence-corrected chi connectivity index (χ3v) is 3.69. The molecule has 1 unspecified atom stereocenters. The summed E-state index contributed by atoms with van der Waals surface area (Å²) in [5.74, 6) is -1.41. The van der Waals surface area contributed by atoms with Crippen LogP contribution >= 0.6 is 11.6 Å². The van der Waals surface area contributed by atoms with Crippen LogP contribution in [-0.2, 0) is 9.59 Å². The number of aryl methyl sites for hydroxylation is 1. The number of amides is 2. The van der Waals surface area contributed by atoms with Gasteiger partial charge in [0.2, 0.25) is 0 Å². The maximum absolute atomic E-state index is 11.9. The summed E-state index contributed by atoms with van der Waals surface area (Å²) in [5, 5.41) is 5.73. The second-order valence-corrected chi connectivity index (χ2v) is 5.43. The van der Waals surface area contributed by atoms with Gasteiger partial charge in [0.1, 0.15) is 0 Å². The molecule has 0 aliphatic heterocycles. The zero-order valence-electron chi connectivity index (χ0n) is 12.4. The summed E-state index contributed by atoms with van der Waals surface area (Å²) < 4.78 is 0. The van der Waals surface area contributed by atoms with Gasteiger partial charge < -0.3 is 10.6 Å². The van der Waals surface area contributed by atoms with E-state index in [0.717, 1.165) is 11.1 Å². The third kappa shape index (κ3) is 4.09. The van der Waals surface area contributed by atoms with E-state index in [1.54, 1.807) is 18.2 Å². The largest absolute Gasteiger partial charge is 0.341 e. The molecule has 0 heterocycles. The topological polar surface area (TPSA) is 58.2 Å². The highest BCUT2D eigenvalue weighted by Crippen LogP contribution is 2.20. The van der Waals surface area contributed by atoms with Gasteiger partial charge in [-0.15, -0.1) is 0 Å². The van der Waals surface area contributed by atoms with Gasteiger partial charge in [0.05, 0.1) is 6.04 Å². The molecule has 5 heteroatoms. The van der Waals surface area contributed by atoms with Gasteiger partial charge in [-0.05, 0) is 37.1 Å². The summed E-state index contributed by atoms with van der Waals surface area (Å²) in [6.07, 6.45) is 0. The van der Waals surface area contributed by atoms with Crippen molar-refractivity contribution in [3.05, 3.63) is 64.7 Å². The molecular weight excluding hydrogens is 300 g/mol. The molecule has 0 aliphatic carbocycles. The van der Waals surface area contributed by atoms with Gasteiger partial charge in [-0.3, -0.25) is 9.59 Å². The predicted molar refractivity (Wildman–Crippen MR) is 87.8 cm³/mol. The van der Waals surface area contributed by atoms with Crippen molar-refractivity contribution in [2.24, 2.45) is 0 Å². The second-order valence-electron chi connectivity index (χ2n) is 5.02. The number of nitrogens with one attached hydrogen (secondary N) is 2. The minimum atomic E-state index is -0.720. The standard InChI is InChI=1S/C17H17ClN2O2/c1-11-8-9-14(10-15(11)18)20-17(22)16(21)19-12(2)13-6-4-3-5-7-13/h3-10,12H,1-2H3,(H,19,21)(H,20,22). The first-order chi connectivity index (χ1) is 10.5. The molecule has 1 atom stereocenters. The number of carbonyl (C=O) groups excluding carboxylic acids is 2. The Bertz CT molecular complexity index is 686. The van der Waals surface area contributed by atoms with Gasteiger partial charge >= 0.3 is 11.8 Å². The molecule has 0 saturated heterocycles. The molecule has 2 aromatic carbocycles. The van der Waals surface area contributed by atoms with Crippen LogP contribution in [0.1, 0.15) is 24.1 Å². The lowest BCUT2D eigenvalue weighted by molar-refractivity contribution is -0.136. The van der Waals surface area contributed by atoms with E-state index in [1.807, 2.05) is 44.2 Å². The number of halogens is 1. The van der Waals surface area contributed by atoms with E-state index in [4.69, 9.17) is 11.6 Å². The molecule has 4 nitrogen and oxygen atoms in total. The van der Waals surface area contributed by atoms with Crippen molar-refractivity contribution < 1.29 is 9.59 Å². The molecule has 0 saturated carbocycles. The fourth-order valence-corrected chi connectivity index (χ4v) is 2.13. The van der Waals surface area contributed by atoms with Crippen LogP contribution < -0.4 is 10.6 Å². The first-order valence-corrected chi connectivity index (χ1v) is 7.28. The third-order valence-electron chi connectivity index (χ3n) is 3.28. The molecule has 0 fully saturated rings. The summed E-state index contributed by atoms with van der Waals surface area (Å²) in [7, 11) is 0. The molecule has 114 valence electrons. The fraction of sp³-hybridized carbons (Fsp3) is 0.176. The normalized spacial score (nSPS) is 11.6. The van der Waals surface area contributed by atoms with Crippen LogP contribution in [0.5, 0.6) is 0 Å². The van der Waals surface area contributed by atoms with Crippen LogP contribution in [0.3, 0.4) is 0 Å². The quantitative estimate of drug-likeness (QED) is 0.852. The lowest BCUT2D eigenvalue weighted by atomic mass is 10.1. The Labute approximate surface area is 134 Å². The smallest absolute Gasteiger partial charge is 0.313 e. The van der Waals surface area contributed by atoms with E-state index in [9.17, 15) is 9.59 Å². The molecule has 0 aromatic heterocycles. The molecule has 2 rings (SSSR count). The summed E-state index contributed by atoms with van der Waals surface area (Å²) in [6, 6.07) is 14.3. The minimum absolute atomic E-state index is 0.249. The highest BCUT2D eigenvalue weighted by atomic mass is 35.5. The summed E-state index contributed by atoms with van der Waals surface area (Å²) in [4.78, 5) is 23.8. The van der Waals surface area contributed by atoms with E-state index in [1.165, 1.54) is 0 Å². The molecule has 0 bridgehead atoms. The number of carbonyl (C=O) groups is 2. The number of anilines is 1. The Morgan fingerprint density at radius 2 is 1.73 bits per heavy atom. The molecule has 2 amide bonds. The van der Waals surface area contributed by atoms with Crippen molar-refractivity contribution in [2.75, 3.05) is 5.32 Å². The monoisotopic (exact) mass is 316 g/mol. The summed E-state index contributed by atoms with van der Waals surface area (Å²) in [5.41, 5.74) is 2.33. The number of rotatable bonds is 3. The Morgan fingerprint density at radius 3 is 2.36 bits per heavy atom. The zero-order chi connectivity index (χ0) is 16.1. The molecule has 0 radical (unpaired) electrons. The van der Waals surface area contributed by atoms with Crippen LogP contribution in [0, 0.1) is 6.92 Å². The van der Waals surface area contributed by atoms with E-state index >= 15 is 0 Å². The van der Waals surface area contributed by atoms with E-state index in [-0.39, 0.29) is 6.04 Å². The summed E-state index contributed by atoms with van der Waals surface area (Å²) in [6.45, 7) is 3.69. The average molecular weight is 317 g/mol. The Hall–Kier alpha value is -2.33. The van der Waals surface area contributed by atoms with Crippen LogP contribution in [0.4, 0.5) is 5.69 Å². The van der Waals surface area contributed by atoms with Crippen molar-refractivity contribution in [2.45, 2.75) is 19.9 Å². The van der Waals surface area contributed by atoms with Crippen molar-refractivity contribution >= 4 is 29.1 Å². The predicted octanol–water partition coefficient (Wildman–Crippen LogP) is 3.46. The zero-order valence-corrected chi connectivity index (χ0v) is 13.1. The summed E-state index contributed by atoms with van der Waals surface area (Å²) >= 11 is 5.99. The fourth-order valence-electron chi connectivity index (χ4n) is 1.95. The SMILES string of the molecule is Cc1ccc(NC(=O)C(=O)NC(C)c2ccccc2)cc1Cl. The van der Waals surface area contributed by atoms with Gasteiger partial charge in [-0.2, -0.15) is 0 Å². The van der Waals surface area contributed by atoms with Gasteiger partial charge in [0.25, 0.3) is 0 Å². The maximum atomic E-state index is 11.9. The second kappa shape index (κ2) is 7.09. The molecule has 22 heavy (non-hydrogen) atoms. The highest BCUT2D eigenvalue weighted by molar-refractivity contribution is 6.40. The number of benzene rings is 2. The Balaban J connectivity index is 1.97. The van der Waals surface area contributed by atoms with Crippen molar-refractivity contribution in [1.82, 2.24) is 5.32 Å². The van der Waals surface area contributed by atoms with Crippen molar-refractivity contribution in [3.8, 4) is 0 Å². The Morgan fingerprint density at radius 1 is 1.05 bits per heavy atom. The number of hydrogen-bond acceptors (Lipinski definition) is 2. The molecule has 2 N–H and O–H groups in total. The van der Waals surface area contributed by atoms with Gasteiger partial charge in [-0.25, -0.2) is 0 Å². The van der Waals surface area contributed by atoms with Crippen LogP contribution in [0.25, 0.3) is 0 Å². The van der Waals surface area contributed by atoms with E-state index < -0.39 is 11.8 Å². The highest BCUT2D eigenvalue weighted by Gasteiger charge is 2.17. The Kier molecular flexibility index (Phi) is 5.17. The molecule has 0 aliphatic rings. The van der Waals surface area contributed by atoms with Gasteiger partial charge in [0, 0.05) is 10.7 Å². The molecule has 0 spiro atoms. The van der Waals surface area contributed by atoms with E-state index in [2.05, 4.69) is 10.6 Å². The lowest BCUT2D eigenvalue weighted by Crippen LogP contribution is -2.36. The number of hydrogen-bond donors (Lipinski definition) is 2. The van der Waals surface area contributed by atoms with E-state index in [0.29, 0.717) is 10.7 Å². The first kappa shape index (κ1) is 16.0. The maximum Gasteiger partial charge on any atom is 0.313 e. The first-order valence-electron chi connectivity index (χ1n) is 6.90. The van der Waals surface area contributed by atoms with Crippen molar-refractivity contribution in [3.63, 3.8) is 0 Å². The molecule has 2 aromatic rings. The van der Waals surface area contributed by atoms with Crippen LogP contribution in [-0.4, -0.2) is 11.8 Å². The van der Waals surface area contributed by atoms with Crippen molar-refractivity contribution in [1.29, 1.82) is 0 Å². The van der Waals surface area contributed by atoms with Gasteiger partial charge in [0.15, 0.2) is 0 Å². The molecular formula is C17H17ClN2O2. The van der Waals surface area contributed by atoms with Crippen LogP contribution in [0.2, 0.25) is 5.02 Å². The lowest BCUT2D eigenvalue weighted by Gasteiger charge is -2.14.